The summed E-state index contributed by atoms with van der Waals surface area (Å²) in [6, 6.07) is 0. The SMILES string of the molecule is CC1CCC(C(=O)NCCCC(N)=S)CC1. The van der Waals surface area contributed by atoms with E-state index in [1.807, 2.05) is 0 Å². The monoisotopic (exact) mass is 242 g/mol. The van der Waals surface area contributed by atoms with Crippen molar-refractivity contribution < 1.29 is 4.79 Å². The van der Waals surface area contributed by atoms with Crippen molar-refractivity contribution in [3.63, 3.8) is 0 Å². The fourth-order valence-electron chi connectivity index (χ4n) is 2.14. The second-order valence-electron chi connectivity index (χ2n) is 4.82. The summed E-state index contributed by atoms with van der Waals surface area (Å²) in [5, 5.41) is 2.97. The molecule has 1 rings (SSSR count). The largest absolute Gasteiger partial charge is 0.393 e. The third-order valence-corrected chi connectivity index (χ3v) is 3.49. The molecule has 1 aliphatic rings. The molecule has 0 radical (unpaired) electrons. The topological polar surface area (TPSA) is 55.1 Å². The average Bonchev–Trinajstić information content (AvgIpc) is 2.25. The van der Waals surface area contributed by atoms with Crippen LogP contribution in [0.4, 0.5) is 0 Å². The van der Waals surface area contributed by atoms with Crippen LogP contribution >= 0.6 is 12.2 Å². The van der Waals surface area contributed by atoms with E-state index >= 15 is 0 Å². The van der Waals surface area contributed by atoms with Gasteiger partial charge in [0.1, 0.15) is 0 Å². The molecule has 0 unspecified atom stereocenters. The Labute approximate surface area is 103 Å². The summed E-state index contributed by atoms with van der Waals surface area (Å²) in [7, 11) is 0. The minimum Gasteiger partial charge on any atom is -0.393 e. The summed E-state index contributed by atoms with van der Waals surface area (Å²) in [4.78, 5) is 12.3. The van der Waals surface area contributed by atoms with Crippen LogP contribution < -0.4 is 11.1 Å². The van der Waals surface area contributed by atoms with Gasteiger partial charge < -0.3 is 11.1 Å². The summed E-state index contributed by atoms with van der Waals surface area (Å²) in [5.74, 6) is 1.24. The van der Waals surface area contributed by atoms with Crippen LogP contribution in [0, 0.1) is 11.8 Å². The maximum atomic E-state index is 11.8. The summed E-state index contributed by atoms with van der Waals surface area (Å²) in [6.45, 7) is 2.96. The maximum Gasteiger partial charge on any atom is 0.223 e. The van der Waals surface area contributed by atoms with Crippen molar-refractivity contribution in [1.82, 2.24) is 5.32 Å². The number of hydrogen-bond acceptors (Lipinski definition) is 2. The smallest absolute Gasteiger partial charge is 0.223 e. The fraction of sp³-hybridized carbons (Fsp3) is 0.833. The van der Waals surface area contributed by atoms with Gasteiger partial charge >= 0.3 is 0 Å². The summed E-state index contributed by atoms with van der Waals surface area (Å²) < 4.78 is 0. The Hall–Kier alpha value is -0.640. The van der Waals surface area contributed by atoms with Crippen molar-refractivity contribution >= 4 is 23.1 Å². The molecule has 92 valence electrons. The molecule has 1 aliphatic carbocycles. The zero-order chi connectivity index (χ0) is 12.0. The highest BCUT2D eigenvalue weighted by Gasteiger charge is 2.23. The van der Waals surface area contributed by atoms with Gasteiger partial charge in [-0.1, -0.05) is 19.1 Å². The molecule has 0 aromatic rings. The van der Waals surface area contributed by atoms with E-state index in [1.54, 1.807) is 0 Å². The van der Waals surface area contributed by atoms with Crippen molar-refractivity contribution in [3.05, 3.63) is 0 Å². The van der Waals surface area contributed by atoms with Crippen LogP contribution in [-0.4, -0.2) is 17.4 Å². The van der Waals surface area contributed by atoms with E-state index in [-0.39, 0.29) is 11.8 Å². The van der Waals surface area contributed by atoms with E-state index in [0.29, 0.717) is 11.5 Å². The maximum absolute atomic E-state index is 11.8. The van der Waals surface area contributed by atoms with Crippen LogP contribution in [0.25, 0.3) is 0 Å². The molecule has 1 amide bonds. The third-order valence-electron chi connectivity index (χ3n) is 3.29. The lowest BCUT2D eigenvalue weighted by atomic mass is 9.82. The van der Waals surface area contributed by atoms with Gasteiger partial charge in [0.15, 0.2) is 0 Å². The van der Waals surface area contributed by atoms with Gasteiger partial charge in [-0.15, -0.1) is 0 Å². The predicted molar refractivity (Wildman–Crippen MR) is 70.2 cm³/mol. The quantitative estimate of drug-likeness (QED) is 0.572. The van der Waals surface area contributed by atoms with Crippen LogP contribution in [0.15, 0.2) is 0 Å². The number of carbonyl (C=O) groups excluding carboxylic acids is 1. The molecule has 0 saturated heterocycles. The molecule has 16 heavy (non-hydrogen) atoms. The number of nitrogens with two attached hydrogens (primary N) is 1. The normalized spacial score (nSPS) is 25.1. The second kappa shape index (κ2) is 6.84. The first-order valence-electron chi connectivity index (χ1n) is 6.15. The molecule has 0 heterocycles. The molecular formula is C12H22N2OS. The second-order valence-corrected chi connectivity index (χ2v) is 5.34. The molecule has 0 spiro atoms. The van der Waals surface area contributed by atoms with Gasteiger partial charge in [-0.3, -0.25) is 4.79 Å². The Kier molecular flexibility index (Phi) is 5.74. The Bertz CT molecular complexity index is 247. The standard InChI is InChI=1S/C12H22N2OS/c1-9-4-6-10(7-5-9)12(15)14-8-2-3-11(13)16/h9-10H,2-8H2,1H3,(H2,13,16)(H,14,15). The van der Waals surface area contributed by atoms with Gasteiger partial charge in [-0.2, -0.15) is 0 Å². The van der Waals surface area contributed by atoms with Crippen LogP contribution in [0.1, 0.15) is 45.4 Å². The first kappa shape index (κ1) is 13.4. The minimum absolute atomic E-state index is 0.217. The number of thiocarbonyl (C=S) groups is 1. The number of nitrogens with one attached hydrogen (secondary N) is 1. The van der Waals surface area contributed by atoms with Gasteiger partial charge in [0.05, 0.1) is 4.99 Å². The van der Waals surface area contributed by atoms with Crippen molar-refractivity contribution in [2.24, 2.45) is 17.6 Å². The van der Waals surface area contributed by atoms with Crippen molar-refractivity contribution in [2.45, 2.75) is 45.4 Å². The lowest BCUT2D eigenvalue weighted by molar-refractivity contribution is -0.126. The highest BCUT2D eigenvalue weighted by Crippen LogP contribution is 2.28. The predicted octanol–water partition coefficient (Wildman–Crippen LogP) is 2.00. The van der Waals surface area contributed by atoms with Crippen LogP contribution in [-0.2, 0) is 4.79 Å². The summed E-state index contributed by atoms with van der Waals surface area (Å²) in [6.07, 6.45) is 6.03. The first-order valence-corrected chi connectivity index (χ1v) is 6.56. The zero-order valence-electron chi connectivity index (χ0n) is 10.00. The molecular weight excluding hydrogens is 220 g/mol. The number of rotatable bonds is 5. The van der Waals surface area contributed by atoms with E-state index in [2.05, 4.69) is 12.2 Å². The van der Waals surface area contributed by atoms with Gasteiger partial charge in [-0.05, 0) is 44.4 Å². The highest BCUT2D eigenvalue weighted by atomic mass is 32.1. The van der Waals surface area contributed by atoms with Crippen molar-refractivity contribution in [2.75, 3.05) is 6.54 Å². The number of hydrogen-bond donors (Lipinski definition) is 2. The summed E-state index contributed by atoms with van der Waals surface area (Å²) >= 11 is 4.78. The van der Waals surface area contributed by atoms with Crippen LogP contribution in [0.2, 0.25) is 0 Å². The number of amides is 1. The van der Waals surface area contributed by atoms with Crippen molar-refractivity contribution in [1.29, 1.82) is 0 Å². The molecule has 3 nitrogen and oxygen atoms in total. The van der Waals surface area contributed by atoms with Crippen LogP contribution in [0.5, 0.6) is 0 Å². The zero-order valence-corrected chi connectivity index (χ0v) is 10.8. The van der Waals surface area contributed by atoms with E-state index < -0.39 is 0 Å². The Balaban J connectivity index is 2.12. The number of carbonyl (C=O) groups is 1. The fourth-order valence-corrected chi connectivity index (χ4v) is 2.29. The van der Waals surface area contributed by atoms with E-state index in [1.165, 1.54) is 12.8 Å². The molecule has 0 aliphatic heterocycles. The average molecular weight is 242 g/mol. The molecule has 0 bridgehead atoms. The van der Waals surface area contributed by atoms with E-state index in [4.69, 9.17) is 18.0 Å². The lowest BCUT2D eigenvalue weighted by Gasteiger charge is -2.25. The molecule has 0 aromatic heterocycles. The van der Waals surface area contributed by atoms with Crippen LogP contribution in [0.3, 0.4) is 0 Å². The minimum atomic E-state index is 0.217. The lowest BCUT2D eigenvalue weighted by Crippen LogP contribution is -2.33. The molecule has 0 atom stereocenters. The highest BCUT2D eigenvalue weighted by molar-refractivity contribution is 7.80. The Morgan fingerprint density at radius 2 is 2.00 bits per heavy atom. The molecule has 4 heteroatoms. The third kappa shape index (κ3) is 4.92. The van der Waals surface area contributed by atoms with Gasteiger partial charge in [0.25, 0.3) is 0 Å². The Morgan fingerprint density at radius 3 is 2.56 bits per heavy atom. The van der Waals surface area contributed by atoms with Crippen molar-refractivity contribution in [3.8, 4) is 0 Å². The first-order chi connectivity index (χ1) is 7.59. The molecule has 1 fully saturated rings. The van der Waals surface area contributed by atoms with Gasteiger partial charge in [0, 0.05) is 12.5 Å². The molecule has 3 N–H and O–H groups in total. The molecule has 0 aromatic carbocycles. The van der Waals surface area contributed by atoms with E-state index in [9.17, 15) is 4.79 Å². The van der Waals surface area contributed by atoms with E-state index in [0.717, 1.165) is 31.6 Å². The summed E-state index contributed by atoms with van der Waals surface area (Å²) in [5.41, 5.74) is 5.39. The molecule has 1 saturated carbocycles. The Morgan fingerprint density at radius 1 is 1.38 bits per heavy atom. The van der Waals surface area contributed by atoms with Gasteiger partial charge in [0.2, 0.25) is 5.91 Å². The van der Waals surface area contributed by atoms with Gasteiger partial charge in [-0.25, -0.2) is 0 Å².